The third-order valence-electron chi connectivity index (χ3n) is 4.07. The molecule has 6 heteroatoms. The van der Waals surface area contributed by atoms with Gasteiger partial charge >= 0.3 is 0 Å². The molecular formula is C20H20ClN3O2. The zero-order valence-electron chi connectivity index (χ0n) is 14.7. The van der Waals surface area contributed by atoms with E-state index < -0.39 is 0 Å². The van der Waals surface area contributed by atoms with Crippen LogP contribution >= 0.6 is 11.6 Å². The van der Waals surface area contributed by atoms with Crippen molar-refractivity contribution in [3.05, 3.63) is 82.6 Å². The fourth-order valence-electron chi connectivity index (χ4n) is 2.61. The summed E-state index contributed by atoms with van der Waals surface area (Å²) in [5.41, 5.74) is 2.50. The highest BCUT2D eigenvalue weighted by atomic mass is 35.5. The molecule has 2 aromatic carbocycles. The highest BCUT2D eigenvalue weighted by molar-refractivity contribution is 6.32. The number of aromatic nitrogens is 2. The number of hydrogen-bond donors (Lipinski definition) is 0. The van der Waals surface area contributed by atoms with Crippen molar-refractivity contribution < 1.29 is 9.53 Å². The number of ether oxygens (including phenoxy) is 1. The lowest BCUT2D eigenvalue weighted by Crippen LogP contribution is -2.27. The number of carbonyl (C=O) groups is 1. The average Bonchev–Trinajstić information content (AvgIpc) is 3.05. The van der Waals surface area contributed by atoms with Crippen molar-refractivity contribution >= 4 is 17.5 Å². The summed E-state index contributed by atoms with van der Waals surface area (Å²) in [6, 6.07) is 16.7. The lowest BCUT2D eigenvalue weighted by Gasteiger charge is -2.18. The van der Waals surface area contributed by atoms with Gasteiger partial charge in [0.25, 0.3) is 5.91 Å². The van der Waals surface area contributed by atoms with Gasteiger partial charge in [-0.25, -0.2) is 0 Å². The van der Waals surface area contributed by atoms with E-state index in [0.29, 0.717) is 29.5 Å². The van der Waals surface area contributed by atoms with Crippen molar-refractivity contribution in [1.29, 1.82) is 0 Å². The Bertz CT molecular complexity index is 907. The van der Waals surface area contributed by atoms with Crippen molar-refractivity contribution in [2.75, 3.05) is 7.05 Å². The first-order valence-corrected chi connectivity index (χ1v) is 8.61. The summed E-state index contributed by atoms with van der Waals surface area (Å²) in [7, 11) is 3.64. The lowest BCUT2D eigenvalue weighted by atomic mass is 10.1. The zero-order chi connectivity index (χ0) is 18.5. The van der Waals surface area contributed by atoms with Gasteiger partial charge in [0.05, 0.1) is 17.3 Å². The number of nitrogens with zero attached hydrogens (tertiary/aromatic N) is 3. The van der Waals surface area contributed by atoms with Gasteiger partial charge in [-0.3, -0.25) is 9.48 Å². The first-order valence-electron chi connectivity index (χ1n) is 8.23. The lowest BCUT2D eigenvalue weighted by molar-refractivity contribution is 0.0782. The van der Waals surface area contributed by atoms with Crippen molar-refractivity contribution in [3.8, 4) is 5.75 Å². The molecule has 1 amide bonds. The average molecular weight is 370 g/mol. The summed E-state index contributed by atoms with van der Waals surface area (Å²) in [6.07, 6.45) is 1.72. The Balaban J connectivity index is 1.67. The maximum absolute atomic E-state index is 12.7. The minimum atomic E-state index is -0.0502. The Labute approximate surface area is 157 Å². The molecule has 0 unspecified atom stereocenters. The highest BCUT2D eigenvalue weighted by Crippen LogP contribution is 2.24. The number of benzene rings is 2. The van der Waals surface area contributed by atoms with Gasteiger partial charge in [0, 0.05) is 25.9 Å². The quantitative estimate of drug-likeness (QED) is 0.661. The van der Waals surface area contributed by atoms with E-state index in [0.717, 1.165) is 11.3 Å². The van der Waals surface area contributed by atoms with Crippen LogP contribution in [0.2, 0.25) is 5.02 Å². The van der Waals surface area contributed by atoms with E-state index in [1.165, 1.54) is 0 Å². The van der Waals surface area contributed by atoms with E-state index in [2.05, 4.69) is 5.10 Å². The Morgan fingerprint density at radius 3 is 2.73 bits per heavy atom. The second-order valence-corrected chi connectivity index (χ2v) is 6.43. The van der Waals surface area contributed by atoms with E-state index in [9.17, 15) is 4.79 Å². The Kier molecular flexibility index (Phi) is 5.58. The second-order valence-electron chi connectivity index (χ2n) is 6.03. The summed E-state index contributed by atoms with van der Waals surface area (Å²) < 4.78 is 7.51. The van der Waals surface area contributed by atoms with Gasteiger partial charge < -0.3 is 9.64 Å². The predicted octanol–water partition coefficient (Wildman–Crippen LogP) is 3.92. The molecule has 3 aromatic rings. The predicted molar refractivity (Wildman–Crippen MR) is 101 cm³/mol. The number of amides is 1. The molecule has 0 atom stereocenters. The van der Waals surface area contributed by atoms with Crippen LogP contribution in [0.4, 0.5) is 0 Å². The number of carbonyl (C=O) groups excluding carboxylic acids is 1. The Morgan fingerprint density at radius 2 is 2.00 bits per heavy atom. The zero-order valence-corrected chi connectivity index (χ0v) is 15.5. The summed E-state index contributed by atoms with van der Waals surface area (Å²) in [4.78, 5) is 14.4. The molecule has 134 valence electrons. The number of hydrogen-bond acceptors (Lipinski definition) is 3. The van der Waals surface area contributed by atoms with E-state index in [-0.39, 0.29) is 5.91 Å². The molecule has 0 aliphatic rings. The molecule has 3 rings (SSSR count). The molecular weight excluding hydrogens is 350 g/mol. The highest BCUT2D eigenvalue weighted by Gasteiger charge is 2.14. The van der Waals surface area contributed by atoms with Crippen LogP contribution in [-0.2, 0) is 20.2 Å². The molecule has 5 nitrogen and oxygen atoms in total. The van der Waals surface area contributed by atoms with Crippen LogP contribution in [0.25, 0.3) is 0 Å². The van der Waals surface area contributed by atoms with E-state index in [1.54, 1.807) is 35.0 Å². The summed E-state index contributed by atoms with van der Waals surface area (Å²) in [6.45, 7) is 0.839. The number of aryl methyl sites for hydroxylation is 1. The summed E-state index contributed by atoms with van der Waals surface area (Å²) in [5, 5.41) is 4.69. The van der Waals surface area contributed by atoms with Gasteiger partial charge in [0.15, 0.2) is 0 Å². The Hall–Kier alpha value is -2.79. The molecule has 0 spiro atoms. The van der Waals surface area contributed by atoms with Gasteiger partial charge in [0.1, 0.15) is 12.4 Å². The first kappa shape index (κ1) is 18.0. The standard InChI is InChI=1S/C20H20ClN3O2/c1-23(13-17-10-11-22-24(17)2)20(25)16-7-5-6-15(12-16)14-26-19-9-4-3-8-18(19)21/h3-12H,13-14H2,1-2H3. The van der Waals surface area contributed by atoms with E-state index >= 15 is 0 Å². The van der Waals surface area contributed by atoms with Crippen molar-refractivity contribution in [2.24, 2.45) is 7.05 Å². The van der Waals surface area contributed by atoms with Crippen LogP contribution in [0, 0.1) is 0 Å². The molecule has 0 fully saturated rings. The first-order chi connectivity index (χ1) is 12.5. The van der Waals surface area contributed by atoms with Gasteiger partial charge in [-0.15, -0.1) is 0 Å². The molecule has 26 heavy (non-hydrogen) atoms. The monoisotopic (exact) mass is 369 g/mol. The van der Waals surface area contributed by atoms with Crippen molar-refractivity contribution in [2.45, 2.75) is 13.2 Å². The fourth-order valence-corrected chi connectivity index (χ4v) is 2.80. The topological polar surface area (TPSA) is 47.4 Å². The minimum absolute atomic E-state index is 0.0502. The van der Waals surface area contributed by atoms with Crippen LogP contribution in [0.5, 0.6) is 5.75 Å². The molecule has 0 aliphatic heterocycles. The van der Waals surface area contributed by atoms with Gasteiger partial charge in [-0.1, -0.05) is 35.9 Å². The summed E-state index contributed by atoms with van der Waals surface area (Å²) in [5.74, 6) is 0.574. The van der Waals surface area contributed by atoms with Crippen molar-refractivity contribution in [1.82, 2.24) is 14.7 Å². The third-order valence-corrected chi connectivity index (χ3v) is 4.39. The molecule has 0 bridgehead atoms. The summed E-state index contributed by atoms with van der Waals surface area (Å²) >= 11 is 6.10. The fraction of sp³-hybridized carbons (Fsp3) is 0.200. The van der Waals surface area contributed by atoms with Crippen molar-refractivity contribution in [3.63, 3.8) is 0 Å². The maximum atomic E-state index is 12.7. The van der Waals surface area contributed by atoms with Crippen LogP contribution < -0.4 is 4.74 Å². The van der Waals surface area contributed by atoms with Gasteiger partial charge in [-0.05, 0) is 35.9 Å². The van der Waals surface area contributed by atoms with Crippen LogP contribution in [-0.4, -0.2) is 27.6 Å². The molecule has 0 saturated carbocycles. The molecule has 0 aliphatic carbocycles. The van der Waals surface area contributed by atoms with Crippen LogP contribution in [0.3, 0.4) is 0 Å². The number of halogens is 1. The third kappa shape index (κ3) is 4.24. The normalized spacial score (nSPS) is 10.6. The van der Waals surface area contributed by atoms with E-state index in [4.69, 9.17) is 16.3 Å². The van der Waals surface area contributed by atoms with Crippen LogP contribution in [0.1, 0.15) is 21.6 Å². The number of para-hydroxylation sites is 1. The minimum Gasteiger partial charge on any atom is -0.487 e. The van der Waals surface area contributed by atoms with E-state index in [1.807, 2.05) is 49.5 Å². The molecule has 0 N–H and O–H groups in total. The molecule has 0 radical (unpaired) electrons. The molecule has 1 aromatic heterocycles. The smallest absolute Gasteiger partial charge is 0.253 e. The SMILES string of the molecule is CN(Cc1ccnn1C)C(=O)c1cccc(COc2ccccc2Cl)c1. The van der Waals surface area contributed by atoms with Crippen LogP contribution in [0.15, 0.2) is 60.8 Å². The van der Waals surface area contributed by atoms with Gasteiger partial charge in [-0.2, -0.15) is 5.10 Å². The Morgan fingerprint density at radius 1 is 1.19 bits per heavy atom. The molecule has 1 heterocycles. The maximum Gasteiger partial charge on any atom is 0.253 e. The molecule has 0 saturated heterocycles. The van der Waals surface area contributed by atoms with Gasteiger partial charge in [0.2, 0.25) is 0 Å². The number of rotatable bonds is 6. The second kappa shape index (κ2) is 8.06. The largest absolute Gasteiger partial charge is 0.487 e.